The third kappa shape index (κ3) is 6.05. The number of amides is 1. The Morgan fingerprint density at radius 1 is 1.05 bits per heavy atom. The summed E-state index contributed by atoms with van der Waals surface area (Å²) in [4.78, 5) is 14.2. The molecule has 0 aromatic heterocycles. The lowest BCUT2D eigenvalue weighted by Gasteiger charge is -2.25. The number of carbonyl (C=O) groups excluding carboxylic acids is 1. The highest BCUT2D eigenvalue weighted by atomic mass is 16.2. The van der Waals surface area contributed by atoms with E-state index in [4.69, 9.17) is 0 Å². The Hall–Kier alpha value is -1.57. The van der Waals surface area contributed by atoms with Gasteiger partial charge in [0.05, 0.1) is 0 Å². The third-order valence-corrected chi connectivity index (χ3v) is 2.98. The predicted molar refractivity (Wildman–Crippen MR) is 86.5 cm³/mol. The van der Waals surface area contributed by atoms with E-state index in [1.165, 1.54) is 5.56 Å². The zero-order chi connectivity index (χ0) is 15.1. The van der Waals surface area contributed by atoms with Crippen LogP contribution in [0.4, 0.5) is 0 Å². The number of aryl methyl sites for hydroxylation is 1. The number of hydrogen-bond acceptors (Lipinski definition) is 1. The molecular weight excluding hydrogens is 246 g/mol. The highest BCUT2D eigenvalue weighted by molar-refractivity contribution is 5.91. The van der Waals surface area contributed by atoms with Crippen LogP contribution < -0.4 is 0 Å². The van der Waals surface area contributed by atoms with Crippen LogP contribution in [0.25, 0.3) is 6.08 Å². The van der Waals surface area contributed by atoms with E-state index in [1.807, 2.05) is 23.1 Å². The molecule has 1 aromatic rings. The highest BCUT2D eigenvalue weighted by Crippen LogP contribution is 2.08. The van der Waals surface area contributed by atoms with E-state index in [1.54, 1.807) is 6.08 Å². The molecule has 0 spiro atoms. The average Bonchev–Trinajstić information content (AvgIpc) is 2.36. The van der Waals surface area contributed by atoms with Crippen LogP contribution in [0, 0.1) is 18.8 Å². The van der Waals surface area contributed by atoms with Gasteiger partial charge < -0.3 is 4.90 Å². The molecule has 0 aliphatic carbocycles. The van der Waals surface area contributed by atoms with Crippen LogP contribution >= 0.6 is 0 Å². The minimum absolute atomic E-state index is 0.105. The summed E-state index contributed by atoms with van der Waals surface area (Å²) in [5.74, 6) is 1.09. The van der Waals surface area contributed by atoms with Crippen LogP contribution in [-0.4, -0.2) is 23.9 Å². The molecule has 110 valence electrons. The molecular formula is C18H27NO. The molecule has 0 N–H and O–H groups in total. The maximum absolute atomic E-state index is 12.3. The number of carbonyl (C=O) groups is 1. The van der Waals surface area contributed by atoms with Crippen molar-refractivity contribution in [2.24, 2.45) is 11.8 Å². The fourth-order valence-corrected chi connectivity index (χ4v) is 2.09. The zero-order valence-corrected chi connectivity index (χ0v) is 13.4. The molecule has 0 fully saturated rings. The van der Waals surface area contributed by atoms with Crippen molar-refractivity contribution in [2.45, 2.75) is 34.6 Å². The normalized spacial score (nSPS) is 11.6. The average molecular weight is 273 g/mol. The summed E-state index contributed by atoms with van der Waals surface area (Å²) in [7, 11) is 0. The molecule has 0 radical (unpaired) electrons. The number of hydrogen-bond donors (Lipinski definition) is 0. The van der Waals surface area contributed by atoms with Crippen LogP contribution in [0.2, 0.25) is 0 Å². The van der Waals surface area contributed by atoms with Crippen LogP contribution in [0.5, 0.6) is 0 Å². The fourth-order valence-electron chi connectivity index (χ4n) is 2.09. The van der Waals surface area contributed by atoms with Crippen molar-refractivity contribution in [1.82, 2.24) is 4.90 Å². The molecule has 0 aliphatic heterocycles. The van der Waals surface area contributed by atoms with Crippen LogP contribution in [0.15, 0.2) is 30.3 Å². The Labute approximate surface area is 123 Å². The van der Waals surface area contributed by atoms with E-state index in [2.05, 4.69) is 46.8 Å². The Morgan fingerprint density at radius 2 is 1.55 bits per heavy atom. The maximum Gasteiger partial charge on any atom is 0.246 e. The van der Waals surface area contributed by atoms with Crippen molar-refractivity contribution in [2.75, 3.05) is 13.1 Å². The summed E-state index contributed by atoms with van der Waals surface area (Å²) >= 11 is 0. The summed E-state index contributed by atoms with van der Waals surface area (Å²) in [5, 5.41) is 0. The molecule has 0 saturated heterocycles. The second-order valence-electron chi connectivity index (χ2n) is 6.27. The molecule has 1 rings (SSSR count). The fraction of sp³-hybridized carbons (Fsp3) is 0.500. The summed E-state index contributed by atoms with van der Waals surface area (Å²) < 4.78 is 0. The third-order valence-electron chi connectivity index (χ3n) is 2.98. The predicted octanol–water partition coefficient (Wildman–Crippen LogP) is 4.15. The lowest BCUT2D eigenvalue weighted by Crippen LogP contribution is -2.35. The second-order valence-corrected chi connectivity index (χ2v) is 6.27. The Morgan fingerprint density at radius 3 is 2.00 bits per heavy atom. The van der Waals surface area contributed by atoms with Gasteiger partial charge in [-0.05, 0) is 30.4 Å². The van der Waals surface area contributed by atoms with Crippen molar-refractivity contribution >= 4 is 12.0 Å². The van der Waals surface area contributed by atoms with Gasteiger partial charge >= 0.3 is 0 Å². The van der Waals surface area contributed by atoms with E-state index in [0.29, 0.717) is 11.8 Å². The smallest absolute Gasteiger partial charge is 0.246 e. The van der Waals surface area contributed by atoms with Crippen LogP contribution in [-0.2, 0) is 4.79 Å². The molecule has 0 heterocycles. The summed E-state index contributed by atoms with van der Waals surface area (Å²) in [6.07, 6.45) is 3.59. The van der Waals surface area contributed by atoms with Crippen LogP contribution in [0.1, 0.15) is 38.8 Å². The Kier molecular flexibility index (Phi) is 6.50. The molecule has 1 aromatic carbocycles. The van der Waals surface area contributed by atoms with E-state index in [0.717, 1.165) is 18.7 Å². The van der Waals surface area contributed by atoms with Crippen molar-refractivity contribution in [3.8, 4) is 0 Å². The van der Waals surface area contributed by atoms with E-state index in [-0.39, 0.29) is 5.91 Å². The molecule has 0 bridgehead atoms. The lowest BCUT2D eigenvalue weighted by atomic mass is 10.1. The number of nitrogens with zero attached hydrogens (tertiary/aromatic N) is 1. The van der Waals surface area contributed by atoms with Gasteiger partial charge in [-0.3, -0.25) is 4.79 Å². The molecule has 0 aliphatic rings. The van der Waals surface area contributed by atoms with Crippen molar-refractivity contribution < 1.29 is 4.79 Å². The van der Waals surface area contributed by atoms with Gasteiger partial charge in [0.1, 0.15) is 0 Å². The monoisotopic (exact) mass is 273 g/mol. The number of rotatable bonds is 6. The van der Waals surface area contributed by atoms with Gasteiger partial charge in [-0.2, -0.15) is 0 Å². The molecule has 2 nitrogen and oxygen atoms in total. The standard InChI is InChI=1S/C18H27NO/c1-14(2)12-19(13-15(3)4)18(20)11-10-17-8-6-16(5)7-9-17/h6-11,14-15H,12-13H2,1-5H3/b11-10+. The van der Waals surface area contributed by atoms with Gasteiger partial charge in [0.15, 0.2) is 0 Å². The van der Waals surface area contributed by atoms with Crippen LogP contribution in [0.3, 0.4) is 0 Å². The van der Waals surface area contributed by atoms with Crippen molar-refractivity contribution in [3.63, 3.8) is 0 Å². The highest BCUT2D eigenvalue weighted by Gasteiger charge is 2.13. The van der Waals surface area contributed by atoms with Gasteiger partial charge in [0.25, 0.3) is 0 Å². The first-order valence-electron chi connectivity index (χ1n) is 7.42. The second kappa shape index (κ2) is 7.88. The summed E-state index contributed by atoms with van der Waals surface area (Å²) in [5.41, 5.74) is 2.30. The van der Waals surface area contributed by atoms with Crippen molar-refractivity contribution in [1.29, 1.82) is 0 Å². The topological polar surface area (TPSA) is 20.3 Å². The number of benzene rings is 1. The van der Waals surface area contributed by atoms with Gasteiger partial charge in [-0.15, -0.1) is 0 Å². The van der Waals surface area contributed by atoms with E-state index in [9.17, 15) is 4.79 Å². The quantitative estimate of drug-likeness (QED) is 0.713. The molecule has 2 heteroatoms. The first kappa shape index (κ1) is 16.5. The first-order valence-corrected chi connectivity index (χ1v) is 7.42. The molecule has 0 unspecified atom stereocenters. The van der Waals surface area contributed by atoms with E-state index >= 15 is 0 Å². The van der Waals surface area contributed by atoms with Gasteiger partial charge in [0.2, 0.25) is 5.91 Å². The van der Waals surface area contributed by atoms with E-state index < -0.39 is 0 Å². The molecule has 20 heavy (non-hydrogen) atoms. The largest absolute Gasteiger partial charge is 0.339 e. The Bertz CT molecular complexity index is 433. The minimum atomic E-state index is 0.105. The van der Waals surface area contributed by atoms with Gasteiger partial charge in [-0.1, -0.05) is 57.5 Å². The molecule has 0 saturated carbocycles. The zero-order valence-electron chi connectivity index (χ0n) is 13.4. The van der Waals surface area contributed by atoms with Gasteiger partial charge in [0, 0.05) is 19.2 Å². The van der Waals surface area contributed by atoms with Crippen molar-refractivity contribution in [3.05, 3.63) is 41.5 Å². The first-order chi connectivity index (χ1) is 9.38. The lowest BCUT2D eigenvalue weighted by molar-refractivity contribution is -0.127. The SMILES string of the molecule is Cc1ccc(/C=C/C(=O)N(CC(C)C)CC(C)C)cc1. The minimum Gasteiger partial charge on any atom is -0.339 e. The summed E-state index contributed by atoms with van der Waals surface area (Å²) in [6, 6.07) is 8.19. The molecule has 0 atom stereocenters. The maximum atomic E-state index is 12.3. The summed E-state index contributed by atoms with van der Waals surface area (Å²) in [6.45, 7) is 12.3. The molecule has 1 amide bonds. The Balaban J connectivity index is 2.71. The van der Waals surface area contributed by atoms with Gasteiger partial charge in [-0.25, -0.2) is 0 Å².